The zero-order valence-corrected chi connectivity index (χ0v) is 12.1. The summed E-state index contributed by atoms with van der Waals surface area (Å²) in [4.78, 5) is 0. The molecule has 2 aromatic heterocycles. The first-order valence-corrected chi connectivity index (χ1v) is 7.50. The van der Waals surface area contributed by atoms with Crippen LogP contribution in [0.5, 0.6) is 0 Å². The summed E-state index contributed by atoms with van der Waals surface area (Å²) in [5, 5.41) is 8.97. The molecular weight excluding hydrogens is 282 g/mol. The molecule has 3 heterocycles. The highest BCUT2D eigenvalue weighted by atomic mass is 16.7. The molecule has 6 heteroatoms. The van der Waals surface area contributed by atoms with Gasteiger partial charge in [-0.3, -0.25) is 0 Å². The van der Waals surface area contributed by atoms with Crippen LogP contribution in [0.3, 0.4) is 0 Å². The van der Waals surface area contributed by atoms with Gasteiger partial charge < -0.3 is 18.5 Å². The van der Waals surface area contributed by atoms with Crippen LogP contribution < -0.4 is 0 Å². The first kappa shape index (κ1) is 13.5. The first-order valence-electron chi connectivity index (χ1n) is 7.50. The summed E-state index contributed by atoms with van der Waals surface area (Å²) < 4.78 is 18.8. The fraction of sp³-hybridized carbons (Fsp3) is 0.375. The van der Waals surface area contributed by atoms with Crippen molar-refractivity contribution in [3.63, 3.8) is 0 Å². The standard InChI is InChI=1S/C16H17N3O3/c1-2-5-13-12(4-1)10-14(16-18-17-11-22-16)19(13)7-6-15-20-8-3-9-21-15/h1-2,4-5,10-11,15H,3,6-9H2. The molecule has 3 aromatic rings. The van der Waals surface area contributed by atoms with Gasteiger partial charge in [0.1, 0.15) is 5.69 Å². The lowest BCUT2D eigenvalue weighted by Gasteiger charge is -2.23. The third kappa shape index (κ3) is 2.51. The van der Waals surface area contributed by atoms with Crippen molar-refractivity contribution >= 4 is 10.9 Å². The molecule has 0 atom stereocenters. The minimum absolute atomic E-state index is 0.134. The maximum Gasteiger partial charge on any atom is 0.264 e. The average Bonchev–Trinajstić information content (AvgIpc) is 3.21. The number of aryl methyl sites for hydroxylation is 1. The van der Waals surface area contributed by atoms with Crippen LogP contribution in [0.4, 0.5) is 0 Å². The van der Waals surface area contributed by atoms with Gasteiger partial charge in [-0.2, -0.15) is 0 Å². The number of para-hydroxylation sites is 1. The van der Waals surface area contributed by atoms with Gasteiger partial charge in [-0.1, -0.05) is 18.2 Å². The van der Waals surface area contributed by atoms with Crippen LogP contribution in [0, 0.1) is 0 Å². The molecule has 0 bridgehead atoms. The maximum absolute atomic E-state index is 5.63. The molecule has 1 aliphatic rings. The summed E-state index contributed by atoms with van der Waals surface area (Å²) in [5.41, 5.74) is 2.07. The molecule has 114 valence electrons. The van der Waals surface area contributed by atoms with Crippen LogP contribution in [0.25, 0.3) is 22.5 Å². The summed E-state index contributed by atoms with van der Waals surface area (Å²) >= 11 is 0. The molecule has 1 aliphatic heterocycles. The van der Waals surface area contributed by atoms with E-state index in [1.54, 1.807) is 0 Å². The van der Waals surface area contributed by atoms with Crippen LogP contribution in [0.15, 0.2) is 41.1 Å². The van der Waals surface area contributed by atoms with E-state index in [2.05, 4.69) is 33.0 Å². The molecule has 1 aromatic carbocycles. The number of aromatic nitrogens is 3. The molecule has 0 saturated carbocycles. The van der Waals surface area contributed by atoms with Crippen molar-refractivity contribution in [1.29, 1.82) is 0 Å². The molecule has 0 spiro atoms. The molecule has 0 unspecified atom stereocenters. The third-order valence-electron chi connectivity index (χ3n) is 3.87. The fourth-order valence-electron chi connectivity index (χ4n) is 2.85. The Bertz CT molecular complexity index is 745. The van der Waals surface area contributed by atoms with Crippen molar-refractivity contribution in [3.8, 4) is 11.6 Å². The van der Waals surface area contributed by atoms with E-state index in [0.717, 1.165) is 49.2 Å². The highest BCUT2D eigenvalue weighted by Gasteiger charge is 2.18. The van der Waals surface area contributed by atoms with Gasteiger partial charge in [0.15, 0.2) is 6.29 Å². The SMILES string of the molecule is c1ccc2c(c1)cc(-c1nnco1)n2CCC1OCCCO1. The van der Waals surface area contributed by atoms with Crippen molar-refractivity contribution < 1.29 is 13.9 Å². The summed E-state index contributed by atoms with van der Waals surface area (Å²) in [6.07, 6.45) is 2.98. The summed E-state index contributed by atoms with van der Waals surface area (Å²) in [7, 11) is 0. The van der Waals surface area contributed by atoms with Gasteiger partial charge in [-0.15, -0.1) is 10.2 Å². The van der Waals surface area contributed by atoms with Gasteiger partial charge >= 0.3 is 0 Å². The summed E-state index contributed by atoms with van der Waals surface area (Å²) in [6, 6.07) is 10.3. The molecule has 0 aliphatic carbocycles. The highest BCUT2D eigenvalue weighted by Crippen LogP contribution is 2.27. The van der Waals surface area contributed by atoms with Crippen molar-refractivity contribution in [2.45, 2.75) is 25.7 Å². The van der Waals surface area contributed by atoms with Crippen molar-refractivity contribution in [1.82, 2.24) is 14.8 Å². The second-order valence-corrected chi connectivity index (χ2v) is 5.30. The minimum atomic E-state index is -0.134. The Kier molecular flexibility index (Phi) is 3.62. The van der Waals surface area contributed by atoms with E-state index in [1.165, 1.54) is 6.39 Å². The average molecular weight is 299 g/mol. The molecule has 0 amide bonds. The van der Waals surface area contributed by atoms with Crippen LogP contribution in [0.2, 0.25) is 0 Å². The van der Waals surface area contributed by atoms with E-state index >= 15 is 0 Å². The zero-order valence-electron chi connectivity index (χ0n) is 12.1. The predicted molar refractivity (Wildman–Crippen MR) is 80.2 cm³/mol. The van der Waals surface area contributed by atoms with Crippen molar-refractivity contribution in [2.24, 2.45) is 0 Å². The molecule has 4 rings (SSSR count). The lowest BCUT2D eigenvalue weighted by molar-refractivity contribution is -0.182. The molecule has 1 fully saturated rings. The lowest BCUT2D eigenvalue weighted by atomic mass is 10.2. The quantitative estimate of drug-likeness (QED) is 0.741. The second kappa shape index (κ2) is 5.90. The normalized spacial score (nSPS) is 16.4. The Balaban J connectivity index is 1.66. The van der Waals surface area contributed by atoms with Gasteiger partial charge in [-0.25, -0.2) is 0 Å². The molecule has 6 nitrogen and oxygen atoms in total. The lowest BCUT2D eigenvalue weighted by Crippen LogP contribution is -2.26. The second-order valence-electron chi connectivity index (χ2n) is 5.30. The largest absolute Gasteiger partial charge is 0.422 e. The van der Waals surface area contributed by atoms with Crippen LogP contribution in [-0.2, 0) is 16.0 Å². The molecule has 0 N–H and O–H groups in total. The Labute approximate surface area is 127 Å². The van der Waals surface area contributed by atoms with E-state index in [0.29, 0.717) is 5.89 Å². The topological polar surface area (TPSA) is 62.3 Å². The number of ether oxygens (including phenoxy) is 2. The Hall–Kier alpha value is -2.18. The molecule has 1 saturated heterocycles. The van der Waals surface area contributed by atoms with Gasteiger partial charge in [-0.05, 0) is 18.6 Å². The van der Waals surface area contributed by atoms with E-state index in [9.17, 15) is 0 Å². The van der Waals surface area contributed by atoms with Crippen molar-refractivity contribution in [2.75, 3.05) is 13.2 Å². The van der Waals surface area contributed by atoms with E-state index in [1.807, 2.05) is 12.1 Å². The Morgan fingerprint density at radius 1 is 1.18 bits per heavy atom. The smallest absolute Gasteiger partial charge is 0.264 e. The number of rotatable bonds is 4. The third-order valence-corrected chi connectivity index (χ3v) is 3.87. The van der Waals surface area contributed by atoms with E-state index < -0.39 is 0 Å². The minimum Gasteiger partial charge on any atom is -0.422 e. The van der Waals surface area contributed by atoms with Gasteiger partial charge in [0.2, 0.25) is 6.39 Å². The Morgan fingerprint density at radius 2 is 2.05 bits per heavy atom. The van der Waals surface area contributed by atoms with Crippen LogP contribution >= 0.6 is 0 Å². The fourth-order valence-corrected chi connectivity index (χ4v) is 2.85. The molecule has 0 radical (unpaired) electrons. The van der Waals surface area contributed by atoms with E-state index in [-0.39, 0.29) is 6.29 Å². The van der Waals surface area contributed by atoms with Crippen LogP contribution in [0.1, 0.15) is 12.8 Å². The number of fused-ring (bicyclic) bond motifs is 1. The first-order chi connectivity index (χ1) is 10.9. The highest BCUT2D eigenvalue weighted by molar-refractivity contribution is 5.85. The number of benzene rings is 1. The number of hydrogen-bond acceptors (Lipinski definition) is 5. The maximum atomic E-state index is 5.63. The van der Waals surface area contributed by atoms with Gasteiger partial charge in [0.25, 0.3) is 5.89 Å². The van der Waals surface area contributed by atoms with E-state index in [4.69, 9.17) is 13.9 Å². The number of hydrogen-bond donors (Lipinski definition) is 0. The Morgan fingerprint density at radius 3 is 2.86 bits per heavy atom. The zero-order chi connectivity index (χ0) is 14.8. The number of nitrogens with zero attached hydrogens (tertiary/aromatic N) is 3. The monoisotopic (exact) mass is 299 g/mol. The predicted octanol–water partition coefficient (Wildman–Crippen LogP) is 2.84. The van der Waals surface area contributed by atoms with Gasteiger partial charge in [0, 0.05) is 23.9 Å². The van der Waals surface area contributed by atoms with Crippen molar-refractivity contribution in [3.05, 3.63) is 36.7 Å². The van der Waals surface area contributed by atoms with Crippen LogP contribution in [-0.4, -0.2) is 34.3 Å². The summed E-state index contributed by atoms with van der Waals surface area (Å²) in [6.45, 7) is 2.32. The van der Waals surface area contributed by atoms with Gasteiger partial charge in [0.05, 0.1) is 13.2 Å². The molecule has 22 heavy (non-hydrogen) atoms. The molecular formula is C16H17N3O3. The summed E-state index contributed by atoms with van der Waals surface area (Å²) in [5.74, 6) is 0.529.